The zero-order valence-electron chi connectivity index (χ0n) is 21.4. The van der Waals surface area contributed by atoms with Crippen LogP contribution in [0.25, 0.3) is 16.9 Å². The van der Waals surface area contributed by atoms with Crippen molar-refractivity contribution in [2.24, 2.45) is 0 Å². The number of hydrogen-bond donors (Lipinski definition) is 0. The lowest BCUT2D eigenvalue weighted by molar-refractivity contribution is -0.0445. The molecular weight excluding hydrogens is 484 g/mol. The predicted octanol–water partition coefficient (Wildman–Crippen LogP) is 4.81. The van der Waals surface area contributed by atoms with Crippen molar-refractivity contribution in [3.05, 3.63) is 58.9 Å². The highest BCUT2D eigenvalue weighted by Crippen LogP contribution is 2.34. The van der Waals surface area contributed by atoms with E-state index in [9.17, 15) is 4.79 Å². The number of morpholine rings is 1. The fourth-order valence-corrected chi connectivity index (χ4v) is 4.65. The molecule has 0 bridgehead atoms. The van der Waals surface area contributed by atoms with Gasteiger partial charge in [0, 0.05) is 24.7 Å². The number of halogens is 2. The SMILES string of the molecule is Cc1ccn2c(C[C@H]3CN(C(=O)OC(C)(C)C)CCO3)c(-c3c(F)cc(C4OCCO4)cc3F)nc2c1. The Kier molecular flexibility index (Phi) is 6.91. The number of fused-ring (bicyclic) bond motifs is 1. The number of pyridine rings is 1. The number of hydrogen-bond acceptors (Lipinski definition) is 6. The lowest BCUT2D eigenvalue weighted by atomic mass is 10.0. The van der Waals surface area contributed by atoms with Crippen LogP contribution < -0.4 is 0 Å². The third-order valence-electron chi connectivity index (χ3n) is 6.29. The van der Waals surface area contributed by atoms with Gasteiger partial charge < -0.3 is 28.2 Å². The van der Waals surface area contributed by atoms with Crippen LogP contribution in [0.4, 0.5) is 13.6 Å². The third kappa shape index (κ3) is 5.46. The Bertz CT molecular complexity index is 1290. The quantitative estimate of drug-likeness (QED) is 0.497. The summed E-state index contributed by atoms with van der Waals surface area (Å²) in [5.74, 6) is -1.51. The molecule has 0 saturated carbocycles. The second-order valence-electron chi connectivity index (χ2n) is 10.4. The van der Waals surface area contributed by atoms with Gasteiger partial charge in [0.15, 0.2) is 6.29 Å². The lowest BCUT2D eigenvalue weighted by Gasteiger charge is -2.34. The summed E-state index contributed by atoms with van der Waals surface area (Å²) in [6, 6.07) is 6.22. The zero-order chi connectivity index (χ0) is 26.3. The maximum atomic E-state index is 15.4. The standard InChI is InChI=1S/C27H31F2N3O5/c1-16-5-6-32-21(14-18-15-31(7-8-34-18)26(33)37-27(2,3)4)24(30-22(32)11-16)23-19(28)12-17(13-20(23)29)25-35-9-10-36-25/h5-6,11-13,18,25H,7-10,14-15H2,1-4H3/t18-/m0/s1. The molecule has 10 heteroatoms. The highest BCUT2D eigenvalue weighted by molar-refractivity contribution is 5.69. The largest absolute Gasteiger partial charge is 0.444 e. The van der Waals surface area contributed by atoms with Crippen molar-refractivity contribution in [1.82, 2.24) is 14.3 Å². The summed E-state index contributed by atoms with van der Waals surface area (Å²) >= 11 is 0. The van der Waals surface area contributed by atoms with Gasteiger partial charge in [0.05, 0.1) is 49.4 Å². The Hall–Kier alpha value is -3.08. The van der Waals surface area contributed by atoms with Crippen LogP contribution in [0.3, 0.4) is 0 Å². The number of amides is 1. The van der Waals surface area contributed by atoms with Gasteiger partial charge in [0.1, 0.15) is 22.9 Å². The van der Waals surface area contributed by atoms with Gasteiger partial charge in [0.25, 0.3) is 0 Å². The monoisotopic (exact) mass is 515 g/mol. The van der Waals surface area contributed by atoms with Crippen molar-refractivity contribution in [2.75, 3.05) is 32.9 Å². The molecule has 5 rings (SSSR count). The van der Waals surface area contributed by atoms with Crippen molar-refractivity contribution >= 4 is 11.7 Å². The van der Waals surface area contributed by atoms with Crippen LogP contribution in [0, 0.1) is 18.6 Å². The number of rotatable bonds is 4. The van der Waals surface area contributed by atoms with Gasteiger partial charge in [-0.3, -0.25) is 0 Å². The Balaban J connectivity index is 1.49. The fraction of sp³-hybridized carbons (Fsp3) is 0.481. The van der Waals surface area contributed by atoms with Crippen LogP contribution in [0.2, 0.25) is 0 Å². The molecule has 1 aromatic carbocycles. The molecule has 0 aliphatic carbocycles. The van der Waals surface area contributed by atoms with Gasteiger partial charge in [-0.2, -0.15) is 0 Å². The number of nitrogens with zero attached hydrogens (tertiary/aromatic N) is 3. The Morgan fingerprint density at radius 1 is 1.11 bits per heavy atom. The van der Waals surface area contributed by atoms with E-state index in [1.54, 1.807) is 4.90 Å². The second kappa shape index (κ2) is 10.00. The van der Waals surface area contributed by atoms with Crippen LogP contribution in [0.1, 0.15) is 43.9 Å². The van der Waals surface area contributed by atoms with Crippen LogP contribution in [0.5, 0.6) is 0 Å². The number of aromatic nitrogens is 2. The summed E-state index contributed by atoms with van der Waals surface area (Å²) in [5, 5.41) is 0. The molecule has 4 heterocycles. The van der Waals surface area contributed by atoms with Crippen molar-refractivity contribution in [3.63, 3.8) is 0 Å². The number of imidazole rings is 1. The summed E-state index contributed by atoms with van der Waals surface area (Å²) in [5.41, 5.74) is 1.75. The number of carbonyl (C=O) groups is 1. The first-order chi connectivity index (χ1) is 17.6. The molecule has 2 aromatic heterocycles. The molecule has 0 spiro atoms. The maximum Gasteiger partial charge on any atom is 0.410 e. The van der Waals surface area contributed by atoms with Crippen LogP contribution in [0.15, 0.2) is 30.5 Å². The molecule has 37 heavy (non-hydrogen) atoms. The molecule has 0 radical (unpaired) electrons. The summed E-state index contributed by atoms with van der Waals surface area (Å²) in [6.45, 7) is 9.12. The average molecular weight is 516 g/mol. The predicted molar refractivity (Wildman–Crippen MR) is 131 cm³/mol. The van der Waals surface area contributed by atoms with Gasteiger partial charge in [-0.25, -0.2) is 18.6 Å². The van der Waals surface area contributed by atoms with Gasteiger partial charge in [-0.1, -0.05) is 0 Å². The lowest BCUT2D eigenvalue weighted by Crippen LogP contribution is -2.48. The Morgan fingerprint density at radius 3 is 2.49 bits per heavy atom. The number of benzene rings is 1. The molecule has 2 fully saturated rings. The summed E-state index contributed by atoms with van der Waals surface area (Å²) in [7, 11) is 0. The minimum Gasteiger partial charge on any atom is -0.444 e. The first kappa shape index (κ1) is 25.6. The van der Waals surface area contributed by atoms with E-state index in [2.05, 4.69) is 4.98 Å². The summed E-state index contributed by atoms with van der Waals surface area (Å²) in [4.78, 5) is 18.9. The van der Waals surface area contributed by atoms with E-state index in [1.807, 2.05) is 50.4 Å². The minimum atomic E-state index is -0.796. The smallest absolute Gasteiger partial charge is 0.410 e. The van der Waals surface area contributed by atoms with Gasteiger partial charge in [-0.05, 0) is 57.5 Å². The molecule has 2 aliphatic heterocycles. The zero-order valence-corrected chi connectivity index (χ0v) is 21.4. The molecule has 2 aliphatic rings. The molecule has 3 aromatic rings. The minimum absolute atomic E-state index is 0.193. The molecule has 1 amide bonds. The van der Waals surface area contributed by atoms with E-state index < -0.39 is 35.7 Å². The molecule has 0 N–H and O–H groups in total. The average Bonchev–Trinajstić information content (AvgIpc) is 3.47. The van der Waals surface area contributed by atoms with E-state index in [0.717, 1.165) is 5.56 Å². The van der Waals surface area contributed by atoms with Crippen LogP contribution in [-0.4, -0.2) is 65.0 Å². The molecule has 2 saturated heterocycles. The fourth-order valence-electron chi connectivity index (χ4n) is 4.65. The molecule has 1 atom stereocenters. The maximum absolute atomic E-state index is 15.4. The van der Waals surface area contributed by atoms with E-state index in [4.69, 9.17) is 18.9 Å². The van der Waals surface area contributed by atoms with Gasteiger partial charge in [0.2, 0.25) is 0 Å². The summed E-state index contributed by atoms with van der Waals surface area (Å²) in [6.07, 6.45) is 0.491. The second-order valence-corrected chi connectivity index (χ2v) is 10.4. The van der Waals surface area contributed by atoms with E-state index in [1.165, 1.54) is 12.1 Å². The first-order valence-corrected chi connectivity index (χ1v) is 12.4. The third-order valence-corrected chi connectivity index (χ3v) is 6.29. The molecule has 0 unspecified atom stereocenters. The summed E-state index contributed by atoms with van der Waals surface area (Å²) < 4.78 is 55.0. The van der Waals surface area contributed by atoms with Gasteiger partial charge >= 0.3 is 6.09 Å². The van der Waals surface area contributed by atoms with Crippen molar-refractivity contribution in [1.29, 1.82) is 0 Å². The normalized spacial score (nSPS) is 19.1. The van der Waals surface area contributed by atoms with E-state index in [0.29, 0.717) is 37.7 Å². The topological polar surface area (TPSA) is 74.5 Å². The van der Waals surface area contributed by atoms with Crippen LogP contribution >= 0.6 is 0 Å². The number of carbonyl (C=O) groups excluding carboxylic acids is 1. The molecular formula is C27H31F2N3O5. The van der Waals surface area contributed by atoms with E-state index >= 15 is 8.78 Å². The highest BCUT2D eigenvalue weighted by Gasteiger charge is 2.31. The first-order valence-electron chi connectivity index (χ1n) is 12.4. The van der Waals surface area contributed by atoms with Crippen molar-refractivity contribution in [2.45, 2.75) is 52.1 Å². The van der Waals surface area contributed by atoms with Crippen LogP contribution in [-0.2, 0) is 25.4 Å². The number of aryl methyl sites for hydroxylation is 1. The molecule has 198 valence electrons. The van der Waals surface area contributed by atoms with Crippen molar-refractivity contribution in [3.8, 4) is 11.3 Å². The Morgan fingerprint density at radius 2 is 1.81 bits per heavy atom. The number of ether oxygens (including phenoxy) is 4. The highest BCUT2D eigenvalue weighted by atomic mass is 19.1. The molecule has 8 nitrogen and oxygen atoms in total. The van der Waals surface area contributed by atoms with Crippen molar-refractivity contribution < 1.29 is 32.5 Å². The Labute approximate surface area is 214 Å². The van der Waals surface area contributed by atoms with Gasteiger partial charge in [-0.15, -0.1) is 0 Å². The van der Waals surface area contributed by atoms with E-state index in [-0.39, 0.29) is 29.8 Å².